The lowest BCUT2D eigenvalue weighted by atomic mass is 9.82. The van der Waals surface area contributed by atoms with Crippen molar-refractivity contribution in [3.63, 3.8) is 0 Å². The molecule has 0 aliphatic carbocycles. The normalized spacial score (nSPS) is 17.7. The van der Waals surface area contributed by atoms with Crippen molar-refractivity contribution in [2.45, 2.75) is 31.8 Å². The average Bonchev–Trinajstić information content (AvgIpc) is 3.21. The van der Waals surface area contributed by atoms with Gasteiger partial charge < -0.3 is 15.4 Å². The van der Waals surface area contributed by atoms with Crippen LogP contribution in [0.15, 0.2) is 36.8 Å². The number of carbonyl (C=O) groups is 1. The van der Waals surface area contributed by atoms with Crippen molar-refractivity contribution in [2.75, 3.05) is 25.4 Å². The fourth-order valence-electron chi connectivity index (χ4n) is 4.27. The van der Waals surface area contributed by atoms with Crippen LogP contribution in [0.25, 0.3) is 10.6 Å². The van der Waals surface area contributed by atoms with E-state index in [1.165, 1.54) is 10.4 Å². The maximum Gasteiger partial charge on any atom is 0.255 e. The quantitative estimate of drug-likeness (QED) is 0.683. The molecular weight excluding hydrogens is 398 g/mol. The number of rotatable bonds is 2. The molecule has 5 heterocycles. The number of fused-ring (bicyclic) bond motifs is 2. The fraction of sp³-hybridized carbons (Fsp3) is 0.364. The summed E-state index contributed by atoms with van der Waals surface area (Å²) in [5, 5.41) is 0. The lowest BCUT2D eigenvalue weighted by molar-refractivity contribution is -0.0926. The van der Waals surface area contributed by atoms with Gasteiger partial charge in [-0.1, -0.05) is 0 Å². The Labute approximate surface area is 178 Å². The van der Waals surface area contributed by atoms with Crippen molar-refractivity contribution in [3.8, 4) is 10.6 Å². The number of piperidine rings is 1. The number of carbonyl (C=O) groups excluding carboxylic acids is 1. The summed E-state index contributed by atoms with van der Waals surface area (Å²) in [5.41, 5.74) is 8.97. The first-order chi connectivity index (χ1) is 14.5. The Balaban J connectivity index is 1.37. The molecule has 1 fully saturated rings. The maximum atomic E-state index is 12.9. The number of thiophene rings is 1. The number of aryl methyl sites for hydroxylation is 1. The van der Waals surface area contributed by atoms with E-state index in [9.17, 15) is 4.79 Å². The molecule has 0 bridgehead atoms. The van der Waals surface area contributed by atoms with E-state index in [4.69, 9.17) is 10.5 Å². The number of nitrogens with zero attached hydrogens (tertiary/aromatic N) is 4. The van der Waals surface area contributed by atoms with Gasteiger partial charge in [0.1, 0.15) is 5.82 Å². The van der Waals surface area contributed by atoms with E-state index in [1.54, 1.807) is 29.9 Å². The summed E-state index contributed by atoms with van der Waals surface area (Å²) in [6.45, 7) is 3.95. The maximum absolute atomic E-state index is 12.9. The van der Waals surface area contributed by atoms with Gasteiger partial charge in [0, 0.05) is 36.3 Å². The lowest BCUT2D eigenvalue weighted by Gasteiger charge is -2.44. The van der Waals surface area contributed by atoms with Crippen LogP contribution in [-0.4, -0.2) is 45.5 Å². The Morgan fingerprint density at radius 2 is 2.00 bits per heavy atom. The molecule has 0 radical (unpaired) electrons. The molecule has 1 amide bonds. The summed E-state index contributed by atoms with van der Waals surface area (Å²) >= 11 is 1.76. The second-order valence-corrected chi connectivity index (χ2v) is 8.98. The summed E-state index contributed by atoms with van der Waals surface area (Å²) < 4.78 is 6.35. The van der Waals surface area contributed by atoms with Crippen LogP contribution >= 0.6 is 11.3 Å². The minimum Gasteiger partial charge on any atom is -0.382 e. The number of hydrogen-bond acceptors (Lipinski definition) is 7. The number of ether oxygens (including phenoxy) is 1. The summed E-state index contributed by atoms with van der Waals surface area (Å²) in [4.78, 5) is 30.1. The van der Waals surface area contributed by atoms with Crippen LogP contribution in [0, 0.1) is 6.92 Å². The molecule has 7 nitrogen and oxygen atoms in total. The van der Waals surface area contributed by atoms with Gasteiger partial charge in [0.05, 0.1) is 40.7 Å². The van der Waals surface area contributed by atoms with Crippen molar-refractivity contribution in [2.24, 2.45) is 0 Å². The molecule has 3 aromatic heterocycles. The molecule has 1 spiro atoms. The number of pyridine rings is 1. The molecule has 8 heteroatoms. The minimum absolute atomic E-state index is 0.0385. The van der Waals surface area contributed by atoms with Gasteiger partial charge in [-0.3, -0.25) is 9.78 Å². The highest BCUT2D eigenvalue weighted by atomic mass is 32.1. The number of nitrogens with two attached hydrogens (primary N) is 1. The minimum atomic E-state index is -0.328. The number of aromatic nitrogens is 3. The van der Waals surface area contributed by atoms with E-state index in [0.29, 0.717) is 31.1 Å². The van der Waals surface area contributed by atoms with Crippen molar-refractivity contribution in [3.05, 3.63) is 58.5 Å². The van der Waals surface area contributed by atoms with E-state index in [2.05, 4.69) is 21.0 Å². The SMILES string of the molecule is Cc1ccc(C(=O)N2CCC3(CC2)OCCc2sc(-c4cnc(N)cn4)cc23)cn1. The third kappa shape index (κ3) is 3.36. The standard InChI is InChI=1S/C22H23N5O2S/c1-14-2-3-15(11-24-14)21(28)27-7-5-22(6-8-27)16-10-19(30-18(16)4-9-29-22)17-12-26-20(23)13-25-17/h2-3,10-13H,4-9H2,1H3,(H2,23,26). The third-order valence-corrected chi connectivity index (χ3v) is 7.17. The van der Waals surface area contributed by atoms with Crippen LogP contribution in [0.2, 0.25) is 0 Å². The van der Waals surface area contributed by atoms with Gasteiger partial charge >= 0.3 is 0 Å². The van der Waals surface area contributed by atoms with Crippen molar-refractivity contribution >= 4 is 23.1 Å². The second kappa shape index (κ2) is 7.45. The molecule has 0 saturated carbocycles. The molecule has 5 rings (SSSR count). The first-order valence-electron chi connectivity index (χ1n) is 10.1. The molecule has 2 aliphatic heterocycles. The van der Waals surface area contributed by atoms with Crippen molar-refractivity contribution in [1.29, 1.82) is 0 Å². The average molecular weight is 422 g/mol. The summed E-state index contributed by atoms with van der Waals surface area (Å²) in [6, 6.07) is 5.92. The zero-order valence-corrected chi connectivity index (χ0v) is 17.6. The van der Waals surface area contributed by atoms with Crippen LogP contribution in [0.1, 0.15) is 39.3 Å². The monoisotopic (exact) mass is 421 g/mol. The molecule has 2 aliphatic rings. The lowest BCUT2D eigenvalue weighted by Crippen LogP contribution is -2.48. The molecule has 2 N–H and O–H groups in total. The summed E-state index contributed by atoms with van der Waals surface area (Å²) in [6.07, 6.45) is 7.45. The van der Waals surface area contributed by atoms with Crippen LogP contribution in [0.4, 0.5) is 5.82 Å². The van der Waals surface area contributed by atoms with Gasteiger partial charge in [-0.05, 0) is 43.5 Å². The van der Waals surface area contributed by atoms with Gasteiger partial charge in [-0.2, -0.15) is 0 Å². The Hall–Kier alpha value is -2.84. The Morgan fingerprint density at radius 3 is 2.70 bits per heavy atom. The smallest absolute Gasteiger partial charge is 0.255 e. The molecular formula is C22H23N5O2S. The number of amides is 1. The molecule has 154 valence electrons. The molecule has 0 aromatic carbocycles. The number of likely N-dealkylation sites (tertiary alicyclic amines) is 1. The Bertz CT molecular complexity index is 1070. The van der Waals surface area contributed by atoms with Crippen LogP contribution in [-0.2, 0) is 16.8 Å². The number of anilines is 1. The van der Waals surface area contributed by atoms with Gasteiger partial charge in [0.25, 0.3) is 5.91 Å². The number of hydrogen-bond donors (Lipinski definition) is 1. The zero-order chi connectivity index (χ0) is 20.7. The van der Waals surface area contributed by atoms with Gasteiger partial charge in [-0.25, -0.2) is 9.97 Å². The zero-order valence-electron chi connectivity index (χ0n) is 16.8. The van der Waals surface area contributed by atoms with Crippen LogP contribution in [0.5, 0.6) is 0 Å². The Morgan fingerprint density at radius 1 is 1.17 bits per heavy atom. The van der Waals surface area contributed by atoms with Gasteiger partial charge in [-0.15, -0.1) is 11.3 Å². The molecule has 0 unspecified atom stereocenters. The third-order valence-electron chi connectivity index (χ3n) is 5.95. The first-order valence-corrected chi connectivity index (χ1v) is 10.9. The molecule has 30 heavy (non-hydrogen) atoms. The van der Waals surface area contributed by atoms with Crippen molar-refractivity contribution < 1.29 is 9.53 Å². The molecule has 0 atom stereocenters. The highest BCUT2D eigenvalue weighted by Gasteiger charge is 2.43. The van der Waals surface area contributed by atoms with Crippen LogP contribution < -0.4 is 5.73 Å². The fourth-order valence-corrected chi connectivity index (χ4v) is 5.46. The van der Waals surface area contributed by atoms with Crippen LogP contribution in [0.3, 0.4) is 0 Å². The van der Waals surface area contributed by atoms with Crippen molar-refractivity contribution in [1.82, 2.24) is 19.9 Å². The van der Waals surface area contributed by atoms with E-state index in [1.807, 2.05) is 24.0 Å². The largest absolute Gasteiger partial charge is 0.382 e. The van der Waals surface area contributed by atoms with E-state index in [-0.39, 0.29) is 11.5 Å². The second-order valence-electron chi connectivity index (χ2n) is 7.85. The summed E-state index contributed by atoms with van der Waals surface area (Å²) in [7, 11) is 0. The van der Waals surface area contributed by atoms with E-state index >= 15 is 0 Å². The Kier molecular flexibility index (Phi) is 4.75. The predicted molar refractivity (Wildman–Crippen MR) is 115 cm³/mol. The first kappa shape index (κ1) is 19.1. The highest BCUT2D eigenvalue weighted by Crippen LogP contribution is 2.46. The highest BCUT2D eigenvalue weighted by molar-refractivity contribution is 7.15. The number of nitrogen functional groups attached to an aromatic ring is 1. The topological polar surface area (TPSA) is 94.2 Å². The predicted octanol–water partition coefficient (Wildman–Crippen LogP) is 3.19. The van der Waals surface area contributed by atoms with Gasteiger partial charge in [0.15, 0.2) is 0 Å². The van der Waals surface area contributed by atoms with E-state index < -0.39 is 0 Å². The van der Waals surface area contributed by atoms with E-state index in [0.717, 1.165) is 35.5 Å². The molecule has 3 aromatic rings. The summed E-state index contributed by atoms with van der Waals surface area (Å²) in [5.74, 6) is 0.456. The molecule has 1 saturated heterocycles. The van der Waals surface area contributed by atoms with Gasteiger partial charge in [0.2, 0.25) is 0 Å².